The first-order valence-electron chi connectivity index (χ1n) is 10.2. The van der Waals surface area contributed by atoms with Gasteiger partial charge in [-0.25, -0.2) is 9.97 Å². The largest absolute Gasteiger partial charge is 0.383 e. The summed E-state index contributed by atoms with van der Waals surface area (Å²) in [4.78, 5) is 17.0. The number of hydrogen-bond acceptors (Lipinski definition) is 9. The number of nitrogens with two attached hydrogens (primary N) is 3. The fourth-order valence-corrected chi connectivity index (χ4v) is 5.70. The molecule has 2 aliphatic heterocycles. The molecule has 5 rings (SSSR count). The second-order valence-electron chi connectivity index (χ2n) is 8.25. The van der Waals surface area contributed by atoms with E-state index in [1.807, 2.05) is 10.6 Å². The van der Waals surface area contributed by atoms with Crippen LogP contribution in [0.25, 0.3) is 5.65 Å². The van der Waals surface area contributed by atoms with Crippen molar-refractivity contribution < 1.29 is 4.74 Å². The number of nitrogens with zero attached hydrogens (tertiary/aromatic N) is 5. The SMILES string of the molecule is C[C@@H]1OCC2(CCN(c3nc(N)c(Sc4ccnc(N)c4Cl)c4nccn34)CC2)[C@@H]1N. The van der Waals surface area contributed by atoms with Crippen LogP contribution in [0, 0.1) is 5.41 Å². The second kappa shape index (κ2) is 7.70. The van der Waals surface area contributed by atoms with E-state index in [0.717, 1.165) is 53.9 Å². The van der Waals surface area contributed by atoms with Gasteiger partial charge in [0.15, 0.2) is 5.65 Å². The molecule has 1 spiro atoms. The standard InChI is InChI=1S/C20H25ClN8OS/c1-11-15(22)20(10-30-11)3-7-28(8-4-20)19-27-17(24)14(18-26-6-9-29(18)19)31-12-2-5-25-16(23)13(12)21/h2,5-6,9,11,15H,3-4,7-8,10,22,24H2,1H3,(H2,23,25)/t11-,15+/m0/s1. The summed E-state index contributed by atoms with van der Waals surface area (Å²) in [6, 6.07) is 1.87. The lowest BCUT2D eigenvalue weighted by atomic mass is 9.73. The third-order valence-corrected chi connectivity index (χ3v) is 8.16. The minimum atomic E-state index is 0.0450. The predicted octanol–water partition coefficient (Wildman–Crippen LogP) is 2.43. The maximum Gasteiger partial charge on any atom is 0.213 e. The smallest absolute Gasteiger partial charge is 0.213 e. The highest BCUT2D eigenvalue weighted by Crippen LogP contribution is 2.43. The van der Waals surface area contributed by atoms with E-state index in [0.29, 0.717) is 10.8 Å². The van der Waals surface area contributed by atoms with Crippen molar-refractivity contribution in [2.45, 2.75) is 41.7 Å². The molecule has 0 amide bonds. The molecule has 0 saturated carbocycles. The molecule has 3 aromatic rings. The molecule has 0 unspecified atom stereocenters. The number of ether oxygens (including phenoxy) is 1. The molecule has 2 saturated heterocycles. The van der Waals surface area contributed by atoms with Crippen LogP contribution in [0.2, 0.25) is 5.02 Å². The molecule has 0 aromatic carbocycles. The van der Waals surface area contributed by atoms with Crippen molar-refractivity contribution in [2.75, 3.05) is 36.1 Å². The van der Waals surface area contributed by atoms with Gasteiger partial charge in [-0.2, -0.15) is 4.98 Å². The Kier molecular flexibility index (Phi) is 5.12. The number of anilines is 3. The Balaban J connectivity index is 1.45. The molecule has 0 bridgehead atoms. The van der Waals surface area contributed by atoms with Crippen molar-refractivity contribution in [3.63, 3.8) is 0 Å². The number of rotatable bonds is 3. The van der Waals surface area contributed by atoms with Crippen LogP contribution in [0.3, 0.4) is 0 Å². The number of imidazole rings is 1. The molecule has 0 aliphatic carbocycles. The first-order valence-corrected chi connectivity index (χ1v) is 11.4. The molecule has 3 aromatic heterocycles. The first-order chi connectivity index (χ1) is 14.9. The summed E-state index contributed by atoms with van der Waals surface area (Å²) in [6.45, 7) is 4.46. The van der Waals surface area contributed by atoms with Crippen molar-refractivity contribution >= 4 is 46.6 Å². The molecule has 9 nitrogen and oxygen atoms in total. The number of nitrogen functional groups attached to an aromatic ring is 2. The van der Waals surface area contributed by atoms with Crippen molar-refractivity contribution in [1.82, 2.24) is 19.4 Å². The van der Waals surface area contributed by atoms with Gasteiger partial charge < -0.3 is 26.8 Å². The van der Waals surface area contributed by atoms with E-state index in [4.69, 9.17) is 38.5 Å². The minimum Gasteiger partial charge on any atom is -0.383 e. The molecule has 11 heteroatoms. The van der Waals surface area contributed by atoms with E-state index in [2.05, 4.69) is 21.8 Å². The molecule has 5 heterocycles. The summed E-state index contributed by atoms with van der Waals surface area (Å²) >= 11 is 7.72. The highest BCUT2D eigenvalue weighted by atomic mass is 35.5. The maximum absolute atomic E-state index is 6.46. The van der Waals surface area contributed by atoms with Gasteiger partial charge in [0.05, 0.1) is 22.6 Å². The van der Waals surface area contributed by atoms with Crippen LogP contribution in [0.5, 0.6) is 0 Å². The quantitative estimate of drug-likeness (QED) is 0.538. The zero-order chi connectivity index (χ0) is 21.8. The van der Waals surface area contributed by atoms with Gasteiger partial charge in [-0.15, -0.1) is 0 Å². The van der Waals surface area contributed by atoms with Gasteiger partial charge >= 0.3 is 0 Å². The maximum atomic E-state index is 6.46. The van der Waals surface area contributed by atoms with Gasteiger partial charge in [0.25, 0.3) is 0 Å². The molecule has 2 atom stereocenters. The summed E-state index contributed by atoms with van der Waals surface area (Å²) in [5.74, 6) is 1.46. The Hall–Kier alpha value is -2.27. The molecule has 2 fully saturated rings. The van der Waals surface area contributed by atoms with Crippen molar-refractivity contribution in [2.24, 2.45) is 11.1 Å². The zero-order valence-electron chi connectivity index (χ0n) is 17.2. The van der Waals surface area contributed by atoms with Gasteiger partial charge in [-0.05, 0) is 25.8 Å². The number of hydrogen-bond donors (Lipinski definition) is 3. The van der Waals surface area contributed by atoms with Crippen LogP contribution in [-0.4, -0.2) is 51.2 Å². The molecule has 31 heavy (non-hydrogen) atoms. The van der Waals surface area contributed by atoms with Gasteiger partial charge in [-0.3, -0.25) is 4.40 Å². The molecule has 6 N–H and O–H groups in total. The highest BCUT2D eigenvalue weighted by Gasteiger charge is 2.47. The summed E-state index contributed by atoms with van der Waals surface area (Å²) in [5.41, 5.74) is 19.5. The number of aromatic nitrogens is 4. The Morgan fingerprint density at radius 1 is 1.19 bits per heavy atom. The zero-order valence-corrected chi connectivity index (χ0v) is 18.7. The average molecular weight is 461 g/mol. The Morgan fingerprint density at radius 2 is 1.97 bits per heavy atom. The number of piperidine rings is 1. The lowest BCUT2D eigenvalue weighted by Gasteiger charge is -2.41. The van der Waals surface area contributed by atoms with E-state index >= 15 is 0 Å². The summed E-state index contributed by atoms with van der Waals surface area (Å²) in [7, 11) is 0. The van der Waals surface area contributed by atoms with E-state index in [-0.39, 0.29) is 23.4 Å². The predicted molar refractivity (Wildman–Crippen MR) is 122 cm³/mol. The molecular weight excluding hydrogens is 436 g/mol. The summed E-state index contributed by atoms with van der Waals surface area (Å²) in [5, 5.41) is 0.395. The van der Waals surface area contributed by atoms with Gasteiger partial charge in [0.1, 0.15) is 11.6 Å². The lowest BCUT2D eigenvalue weighted by Crippen LogP contribution is -2.51. The van der Waals surface area contributed by atoms with Crippen LogP contribution in [0.15, 0.2) is 34.4 Å². The van der Waals surface area contributed by atoms with Crippen LogP contribution >= 0.6 is 23.4 Å². The van der Waals surface area contributed by atoms with E-state index in [1.54, 1.807) is 18.5 Å². The highest BCUT2D eigenvalue weighted by molar-refractivity contribution is 7.99. The van der Waals surface area contributed by atoms with Crippen LogP contribution in [0.1, 0.15) is 19.8 Å². The van der Waals surface area contributed by atoms with Crippen LogP contribution < -0.4 is 22.1 Å². The molecular formula is C20H25ClN8OS. The first kappa shape index (κ1) is 20.6. The fourth-order valence-electron chi connectivity index (χ4n) is 4.54. The summed E-state index contributed by atoms with van der Waals surface area (Å²) < 4.78 is 7.82. The monoisotopic (exact) mass is 460 g/mol. The van der Waals surface area contributed by atoms with Gasteiger partial charge in [0.2, 0.25) is 5.95 Å². The van der Waals surface area contributed by atoms with E-state index < -0.39 is 0 Å². The normalized spacial score (nSPS) is 23.1. The number of pyridine rings is 1. The van der Waals surface area contributed by atoms with Crippen LogP contribution in [0.4, 0.5) is 17.6 Å². The molecule has 0 radical (unpaired) electrons. The van der Waals surface area contributed by atoms with Gasteiger partial charge in [0, 0.05) is 48.0 Å². The van der Waals surface area contributed by atoms with Crippen molar-refractivity contribution in [3.05, 3.63) is 29.7 Å². The summed E-state index contributed by atoms with van der Waals surface area (Å²) in [6.07, 6.45) is 7.29. The minimum absolute atomic E-state index is 0.0450. The second-order valence-corrected chi connectivity index (χ2v) is 9.68. The van der Waals surface area contributed by atoms with Crippen molar-refractivity contribution in [3.8, 4) is 0 Å². The van der Waals surface area contributed by atoms with E-state index in [9.17, 15) is 0 Å². The van der Waals surface area contributed by atoms with Crippen LogP contribution in [-0.2, 0) is 4.74 Å². The number of fused-ring (bicyclic) bond motifs is 1. The molecule has 164 valence electrons. The third kappa shape index (κ3) is 3.38. The topological polar surface area (TPSA) is 134 Å². The van der Waals surface area contributed by atoms with E-state index in [1.165, 1.54) is 11.8 Å². The third-order valence-electron chi connectivity index (χ3n) is 6.49. The fraction of sp³-hybridized carbons (Fsp3) is 0.450. The van der Waals surface area contributed by atoms with Crippen molar-refractivity contribution in [1.29, 1.82) is 0 Å². The Labute approximate surface area is 189 Å². The Bertz CT molecular complexity index is 1130. The number of halogens is 1. The lowest BCUT2D eigenvalue weighted by molar-refractivity contribution is 0.0973. The Morgan fingerprint density at radius 3 is 2.68 bits per heavy atom. The molecule has 2 aliphatic rings. The van der Waals surface area contributed by atoms with Gasteiger partial charge in [-0.1, -0.05) is 23.4 Å². The average Bonchev–Trinajstić information content (AvgIpc) is 3.35.